The molecule has 30 heavy (non-hydrogen) atoms. The lowest BCUT2D eigenvalue weighted by Crippen LogP contribution is -2.17. The molecule has 0 fully saturated rings. The van der Waals surface area contributed by atoms with Crippen molar-refractivity contribution in [1.82, 2.24) is 9.38 Å². The molecule has 6 heteroatoms. The van der Waals surface area contributed by atoms with Gasteiger partial charge >= 0.3 is 0 Å². The van der Waals surface area contributed by atoms with Crippen LogP contribution in [0.3, 0.4) is 0 Å². The molecule has 2 aromatic heterocycles. The molecule has 6 nitrogen and oxygen atoms in total. The second-order valence-electron chi connectivity index (χ2n) is 7.08. The van der Waals surface area contributed by atoms with Crippen molar-refractivity contribution >= 4 is 17.2 Å². The fourth-order valence-corrected chi connectivity index (χ4v) is 3.21. The van der Waals surface area contributed by atoms with Crippen LogP contribution in [-0.2, 0) is 6.61 Å². The number of aromatic nitrogens is 2. The van der Waals surface area contributed by atoms with Crippen LogP contribution in [0.2, 0.25) is 0 Å². The highest BCUT2D eigenvalue weighted by Gasteiger charge is 2.11. The first-order chi connectivity index (χ1) is 14.5. The second-order valence-corrected chi connectivity index (χ2v) is 7.08. The van der Waals surface area contributed by atoms with Crippen molar-refractivity contribution in [2.24, 2.45) is 0 Å². The van der Waals surface area contributed by atoms with Gasteiger partial charge in [0.2, 0.25) is 0 Å². The third kappa shape index (κ3) is 4.07. The standard InChI is InChI=1S/C24H21N3O3/c1-16-7-5-9-18(13-16)24(29)26-20-10-3-4-11-21(20)30-15-19-14-22(28)27-12-6-8-17(2)23(27)25-19/h3-14H,15H2,1-2H3,(H,26,29). The number of aryl methyl sites for hydroxylation is 2. The van der Waals surface area contributed by atoms with E-state index in [4.69, 9.17) is 4.74 Å². The molecule has 150 valence electrons. The van der Waals surface area contributed by atoms with Crippen molar-refractivity contribution in [1.29, 1.82) is 0 Å². The topological polar surface area (TPSA) is 72.7 Å². The molecule has 0 aliphatic heterocycles. The summed E-state index contributed by atoms with van der Waals surface area (Å²) in [7, 11) is 0. The zero-order valence-corrected chi connectivity index (χ0v) is 16.8. The number of ether oxygens (including phenoxy) is 1. The van der Waals surface area contributed by atoms with Crippen molar-refractivity contribution in [2.75, 3.05) is 5.32 Å². The Morgan fingerprint density at radius 1 is 1.03 bits per heavy atom. The zero-order valence-electron chi connectivity index (χ0n) is 16.8. The highest BCUT2D eigenvalue weighted by Crippen LogP contribution is 2.25. The summed E-state index contributed by atoms with van der Waals surface area (Å²) in [6.45, 7) is 3.95. The van der Waals surface area contributed by atoms with E-state index in [1.165, 1.54) is 10.5 Å². The molecule has 0 aliphatic carbocycles. The number of nitrogens with zero attached hydrogens (tertiary/aromatic N) is 2. The number of nitrogens with one attached hydrogen (secondary N) is 1. The fraction of sp³-hybridized carbons (Fsp3) is 0.125. The van der Waals surface area contributed by atoms with Crippen LogP contribution in [0.1, 0.15) is 27.2 Å². The molecule has 1 amide bonds. The average Bonchev–Trinajstić information content (AvgIpc) is 2.74. The first-order valence-electron chi connectivity index (χ1n) is 9.59. The van der Waals surface area contributed by atoms with Crippen molar-refractivity contribution in [3.05, 3.63) is 106 Å². The van der Waals surface area contributed by atoms with Crippen LogP contribution in [0, 0.1) is 13.8 Å². The van der Waals surface area contributed by atoms with E-state index in [1.807, 2.05) is 56.3 Å². The molecule has 0 radical (unpaired) electrons. The van der Waals surface area contributed by atoms with E-state index in [-0.39, 0.29) is 18.1 Å². The van der Waals surface area contributed by atoms with Gasteiger partial charge in [0.05, 0.1) is 11.4 Å². The third-order valence-electron chi connectivity index (χ3n) is 4.73. The van der Waals surface area contributed by atoms with Gasteiger partial charge in [-0.05, 0) is 49.7 Å². The van der Waals surface area contributed by atoms with Crippen LogP contribution in [-0.4, -0.2) is 15.3 Å². The van der Waals surface area contributed by atoms with E-state index in [9.17, 15) is 9.59 Å². The highest BCUT2D eigenvalue weighted by molar-refractivity contribution is 6.05. The predicted molar refractivity (Wildman–Crippen MR) is 116 cm³/mol. The van der Waals surface area contributed by atoms with E-state index in [1.54, 1.807) is 24.4 Å². The van der Waals surface area contributed by atoms with Gasteiger partial charge < -0.3 is 10.1 Å². The molecule has 4 aromatic rings. The van der Waals surface area contributed by atoms with E-state index >= 15 is 0 Å². The largest absolute Gasteiger partial charge is 0.485 e. The maximum absolute atomic E-state index is 12.6. The molecule has 0 spiro atoms. The van der Waals surface area contributed by atoms with Crippen LogP contribution >= 0.6 is 0 Å². The number of hydrogen-bond donors (Lipinski definition) is 1. The maximum atomic E-state index is 12.6. The summed E-state index contributed by atoms with van der Waals surface area (Å²) >= 11 is 0. The molecule has 0 unspecified atom stereocenters. The first kappa shape index (κ1) is 19.4. The number of pyridine rings is 1. The first-order valence-corrected chi connectivity index (χ1v) is 9.59. The zero-order chi connectivity index (χ0) is 21.1. The molecule has 0 atom stereocenters. The second kappa shape index (κ2) is 8.21. The van der Waals surface area contributed by atoms with Crippen LogP contribution in [0.5, 0.6) is 5.75 Å². The summed E-state index contributed by atoms with van der Waals surface area (Å²) < 4.78 is 7.41. The number of benzene rings is 2. The Morgan fingerprint density at radius 3 is 2.70 bits per heavy atom. The Kier molecular flexibility index (Phi) is 5.30. The number of anilines is 1. The van der Waals surface area contributed by atoms with Crippen LogP contribution in [0.4, 0.5) is 5.69 Å². The van der Waals surface area contributed by atoms with Gasteiger partial charge in [-0.2, -0.15) is 0 Å². The number of rotatable bonds is 5. The molecule has 0 bridgehead atoms. The van der Waals surface area contributed by atoms with E-state index in [0.717, 1.165) is 11.1 Å². The van der Waals surface area contributed by atoms with Crippen LogP contribution < -0.4 is 15.6 Å². The Hall–Kier alpha value is -3.93. The van der Waals surface area contributed by atoms with Crippen LogP contribution in [0.15, 0.2) is 77.7 Å². The van der Waals surface area contributed by atoms with Gasteiger partial charge in [-0.15, -0.1) is 0 Å². The normalized spacial score (nSPS) is 10.7. The smallest absolute Gasteiger partial charge is 0.258 e. The highest BCUT2D eigenvalue weighted by atomic mass is 16.5. The Balaban J connectivity index is 1.55. The van der Waals surface area contributed by atoms with Gasteiger partial charge in [-0.1, -0.05) is 35.9 Å². The van der Waals surface area contributed by atoms with Crippen molar-refractivity contribution < 1.29 is 9.53 Å². The third-order valence-corrected chi connectivity index (χ3v) is 4.73. The summed E-state index contributed by atoms with van der Waals surface area (Å²) in [5.41, 5.74) is 4.00. The van der Waals surface area contributed by atoms with Gasteiger partial charge in [-0.25, -0.2) is 4.98 Å². The monoisotopic (exact) mass is 399 g/mol. The van der Waals surface area contributed by atoms with Gasteiger partial charge in [0, 0.05) is 17.8 Å². The molecule has 0 aliphatic rings. The van der Waals surface area contributed by atoms with Crippen molar-refractivity contribution in [2.45, 2.75) is 20.5 Å². The van der Waals surface area contributed by atoms with E-state index in [2.05, 4.69) is 10.3 Å². The number of carbonyl (C=O) groups is 1. The summed E-state index contributed by atoms with van der Waals surface area (Å²) in [5, 5.41) is 2.89. The summed E-state index contributed by atoms with van der Waals surface area (Å²) in [5.74, 6) is 0.290. The quantitative estimate of drug-likeness (QED) is 0.547. The Morgan fingerprint density at radius 2 is 1.87 bits per heavy atom. The van der Waals surface area contributed by atoms with Crippen molar-refractivity contribution in [3.8, 4) is 5.75 Å². The fourth-order valence-electron chi connectivity index (χ4n) is 3.21. The SMILES string of the molecule is Cc1cccc(C(=O)Nc2ccccc2OCc2cc(=O)n3cccc(C)c3n2)c1. The predicted octanol–water partition coefficient (Wildman–Crippen LogP) is 4.14. The number of amides is 1. The van der Waals surface area contributed by atoms with E-state index in [0.29, 0.717) is 28.3 Å². The summed E-state index contributed by atoms with van der Waals surface area (Å²) in [6, 6.07) is 19.7. The molecule has 0 saturated heterocycles. The van der Waals surface area contributed by atoms with Crippen molar-refractivity contribution in [3.63, 3.8) is 0 Å². The summed E-state index contributed by atoms with van der Waals surface area (Å²) in [6.07, 6.45) is 1.69. The van der Waals surface area contributed by atoms with E-state index < -0.39 is 0 Å². The minimum Gasteiger partial charge on any atom is -0.485 e. The number of para-hydroxylation sites is 2. The van der Waals surface area contributed by atoms with Gasteiger partial charge in [0.15, 0.2) is 0 Å². The molecule has 4 rings (SSSR count). The van der Waals surface area contributed by atoms with Gasteiger partial charge in [-0.3, -0.25) is 14.0 Å². The lowest BCUT2D eigenvalue weighted by atomic mass is 10.1. The molecule has 0 saturated carbocycles. The number of fused-ring (bicyclic) bond motifs is 1. The maximum Gasteiger partial charge on any atom is 0.258 e. The Labute approximate surface area is 173 Å². The minimum atomic E-state index is -0.215. The number of hydrogen-bond acceptors (Lipinski definition) is 4. The lowest BCUT2D eigenvalue weighted by molar-refractivity contribution is 0.102. The molecule has 1 N–H and O–H groups in total. The minimum absolute atomic E-state index is 0.109. The molecule has 2 aromatic carbocycles. The molecule has 2 heterocycles. The van der Waals surface area contributed by atoms with Gasteiger partial charge in [0.25, 0.3) is 11.5 Å². The average molecular weight is 399 g/mol. The lowest BCUT2D eigenvalue weighted by Gasteiger charge is -2.13. The van der Waals surface area contributed by atoms with Crippen LogP contribution in [0.25, 0.3) is 5.65 Å². The van der Waals surface area contributed by atoms with Gasteiger partial charge in [0.1, 0.15) is 18.0 Å². The Bertz CT molecular complexity index is 1290. The molecular weight excluding hydrogens is 378 g/mol. The summed E-state index contributed by atoms with van der Waals surface area (Å²) in [4.78, 5) is 29.5. The molecular formula is C24H21N3O3. The number of carbonyl (C=O) groups excluding carboxylic acids is 1.